The predicted molar refractivity (Wildman–Crippen MR) is 126 cm³/mol. The van der Waals surface area contributed by atoms with E-state index in [-0.39, 0.29) is 11.0 Å². The number of aromatic nitrogens is 1. The lowest BCUT2D eigenvalue weighted by molar-refractivity contribution is -0.192. The minimum Gasteiger partial charge on any atom is -0.475 e. The monoisotopic (exact) mass is 498 g/mol. The third-order valence-corrected chi connectivity index (χ3v) is 8.06. The summed E-state index contributed by atoms with van der Waals surface area (Å²) in [4.78, 5) is 16.6. The molecule has 3 heterocycles. The minimum absolute atomic E-state index is 0.109. The van der Waals surface area contributed by atoms with Crippen LogP contribution in [0.4, 0.5) is 13.2 Å². The number of aliphatic carboxylic acids is 1. The van der Waals surface area contributed by atoms with Crippen molar-refractivity contribution in [3.63, 3.8) is 0 Å². The van der Waals surface area contributed by atoms with E-state index < -0.39 is 12.1 Å². The van der Waals surface area contributed by atoms with Gasteiger partial charge in [-0.05, 0) is 76.3 Å². The molecule has 2 fully saturated rings. The van der Waals surface area contributed by atoms with Crippen LogP contribution in [-0.4, -0.2) is 41.0 Å². The molecule has 0 bridgehead atoms. The first-order valence-electron chi connectivity index (χ1n) is 11.7. The lowest BCUT2D eigenvalue weighted by Gasteiger charge is -2.46. The molecule has 5 nitrogen and oxygen atoms in total. The van der Waals surface area contributed by atoms with Gasteiger partial charge >= 0.3 is 12.1 Å². The predicted octanol–water partition coefficient (Wildman–Crippen LogP) is 5.93. The van der Waals surface area contributed by atoms with Crippen molar-refractivity contribution in [1.82, 2.24) is 10.3 Å². The van der Waals surface area contributed by atoms with Crippen molar-refractivity contribution >= 4 is 17.3 Å². The fourth-order valence-corrected chi connectivity index (χ4v) is 6.10. The summed E-state index contributed by atoms with van der Waals surface area (Å²) in [6.07, 6.45) is 5.31. The molecule has 1 aliphatic carbocycles. The van der Waals surface area contributed by atoms with E-state index in [2.05, 4.69) is 37.4 Å². The van der Waals surface area contributed by atoms with E-state index in [1.165, 1.54) is 46.7 Å². The molecule has 0 unspecified atom stereocenters. The summed E-state index contributed by atoms with van der Waals surface area (Å²) < 4.78 is 38.1. The molecule has 2 aromatic rings. The molecule has 2 aliphatic rings. The van der Waals surface area contributed by atoms with Gasteiger partial charge in [0.15, 0.2) is 0 Å². The number of halogens is 3. The number of hydrogen-bond acceptors (Lipinski definition) is 5. The lowest BCUT2D eigenvalue weighted by Crippen LogP contribution is -2.47. The number of carbonyl (C=O) groups is 1. The van der Waals surface area contributed by atoms with E-state index >= 15 is 0 Å². The molecular weight excluding hydrogens is 465 g/mol. The number of ether oxygens (including phenoxy) is 1. The molecule has 4 rings (SSSR count). The van der Waals surface area contributed by atoms with E-state index in [0.717, 1.165) is 39.0 Å². The third-order valence-electron chi connectivity index (χ3n) is 6.91. The van der Waals surface area contributed by atoms with Gasteiger partial charge in [-0.1, -0.05) is 18.9 Å². The maximum Gasteiger partial charge on any atom is 0.490 e. The Morgan fingerprint density at radius 2 is 1.94 bits per heavy atom. The lowest BCUT2D eigenvalue weighted by atomic mass is 9.68. The summed E-state index contributed by atoms with van der Waals surface area (Å²) in [7, 11) is 0. The summed E-state index contributed by atoms with van der Waals surface area (Å²) in [6, 6.07) is 8.73. The number of nitrogens with zero attached hydrogens (tertiary/aromatic N) is 1. The first-order chi connectivity index (χ1) is 16.1. The van der Waals surface area contributed by atoms with Gasteiger partial charge in [0.25, 0.3) is 0 Å². The Balaban J connectivity index is 0.000000406. The molecule has 1 atom stereocenters. The summed E-state index contributed by atoms with van der Waals surface area (Å²) >= 11 is 1.92. The molecule has 9 heteroatoms. The highest BCUT2D eigenvalue weighted by molar-refractivity contribution is 7.12. The van der Waals surface area contributed by atoms with E-state index in [1.54, 1.807) is 0 Å². The molecule has 0 radical (unpaired) electrons. The Morgan fingerprint density at radius 3 is 2.50 bits per heavy atom. The van der Waals surface area contributed by atoms with Gasteiger partial charge in [0.2, 0.25) is 0 Å². The molecule has 188 valence electrons. The molecule has 2 aromatic heterocycles. The molecule has 0 amide bonds. The summed E-state index contributed by atoms with van der Waals surface area (Å²) in [5.41, 5.74) is 2.94. The zero-order valence-corrected chi connectivity index (χ0v) is 20.5. The summed E-state index contributed by atoms with van der Waals surface area (Å²) in [5, 5.41) is 10.8. The van der Waals surface area contributed by atoms with Gasteiger partial charge in [0, 0.05) is 40.2 Å². The number of rotatable bonds is 6. The third kappa shape index (κ3) is 6.79. The highest BCUT2D eigenvalue weighted by Crippen LogP contribution is 2.49. The van der Waals surface area contributed by atoms with Crippen LogP contribution in [0.5, 0.6) is 0 Å². The molecule has 1 saturated heterocycles. The number of pyridine rings is 1. The van der Waals surface area contributed by atoms with Crippen molar-refractivity contribution in [3.8, 4) is 0 Å². The van der Waals surface area contributed by atoms with Gasteiger partial charge in [0.05, 0.1) is 5.60 Å². The second-order valence-electron chi connectivity index (χ2n) is 9.34. The molecule has 1 spiro atoms. The number of carboxylic acids is 1. The van der Waals surface area contributed by atoms with Crippen molar-refractivity contribution in [1.29, 1.82) is 0 Å². The van der Waals surface area contributed by atoms with Gasteiger partial charge in [-0.15, -0.1) is 11.3 Å². The quantitative estimate of drug-likeness (QED) is 0.483. The minimum atomic E-state index is -5.08. The summed E-state index contributed by atoms with van der Waals surface area (Å²) in [5.74, 6) is -2.76. The fraction of sp³-hybridized carbons (Fsp3) is 0.600. The normalized spacial score (nSPS) is 21.8. The van der Waals surface area contributed by atoms with Crippen LogP contribution in [-0.2, 0) is 21.5 Å². The number of alkyl halides is 3. The zero-order chi connectivity index (χ0) is 24.8. The van der Waals surface area contributed by atoms with E-state index in [4.69, 9.17) is 19.6 Å². The number of aryl methyl sites for hydroxylation is 2. The van der Waals surface area contributed by atoms with Gasteiger partial charge in [-0.3, -0.25) is 4.98 Å². The number of hydrogen-bond donors (Lipinski definition) is 2. The maximum atomic E-state index is 10.6. The van der Waals surface area contributed by atoms with Crippen LogP contribution in [0, 0.1) is 13.8 Å². The zero-order valence-electron chi connectivity index (χ0n) is 19.7. The average molecular weight is 499 g/mol. The molecule has 34 heavy (non-hydrogen) atoms. The largest absolute Gasteiger partial charge is 0.490 e. The van der Waals surface area contributed by atoms with Crippen LogP contribution in [0.1, 0.15) is 66.0 Å². The first kappa shape index (κ1) is 26.6. The second kappa shape index (κ2) is 11.2. The Morgan fingerprint density at radius 1 is 1.24 bits per heavy atom. The standard InChI is InChI=1S/C23H32N2OS.C2HF3O2/c1-18-15-20(27-19(18)2)16-24-13-10-22(21-7-3-6-12-25-21)11-14-26-23(17-22)8-4-5-9-23;3-2(4,5)1(6)7/h3,6-7,12,15,24H,4-5,8-11,13-14,16-17H2,1-2H3;(H,6,7)/t22-;/m1./s1. The average Bonchev–Trinajstić information content (AvgIpc) is 3.37. The number of nitrogens with one attached hydrogen (secondary N) is 1. The molecule has 0 aromatic carbocycles. The first-order valence-corrected chi connectivity index (χ1v) is 12.5. The van der Waals surface area contributed by atoms with Crippen LogP contribution in [0.3, 0.4) is 0 Å². The fourth-order valence-electron chi connectivity index (χ4n) is 5.07. The second-order valence-corrected chi connectivity index (χ2v) is 10.7. The topological polar surface area (TPSA) is 71.5 Å². The molecule has 1 aliphatic heterocycles. The highest BCUT2D eigenvalue weighted by atomic mass is 32.1. The van der Waals surface area contributed by atoms with Gasteiger partial charge in [-0.2, -0.15) is 13.2 Å². The van der Waals surface area contributed by atoms with Crippen molar-refractivity contribution in [2.75, 3.05) is 13.2 Å². The Hall–Kier alpha value is -1.97. The van der Waals surface area contributed by atoms with E-state index in [1.807, 2.05) is 23.6 Å². The van der Waals surface area contributed by atoms with Crippen LogP contribution in [0.2, 0.25) is 0 Å². The van der Waals surface area contributed by atoms with Crippen LogP contribution in [0.25, 0.3) is 0 Å². The van der Waals surface area contributed by atoms with E-state index in [0.29, 0.717) is 0 Å². The van der Waals surface area contributed by atoms with Gasteiger partial charge in [0.1, 0.15) is 0 Å². The Bertz CT molecular complexity index is 923. The van der Waals surface area contributed by atoms with Gasteiger partial charge in [-0.25, -0.2) is 4.79 Å². The molecule has 2 N–H and O–H groups in total. The number of carboxylic acid groups (broad SMARTS) is 1. The van der Waals surface area contributed by atoms with Crippen molar-refractivity contribution in [2.24, 2.45) is 0 Å². The Kier molecular flexibility index (Phi) is 8.76. The van der Waals surface area contributed by atoms with Crippen LogP contribution in [0.15, 0.2) is 30.5 Å². The molecule has 1 saturated carbocycles. The van der Waals surface area contributed by atoms with Crippen LogP contribution >= 0.6 is 11.3 Å². The Labute approximate surface area is 202 Å². The van der Waals surface area contributed by atoms with Crippen LogP contribution < -0.4 is 5.32 Å². The molecular formula is C25H33F3N2O3S. The van der Waals surface area contributed by atoms with Gasteiger partial charge < -0.3 is 15.2 Å². The smallest absolute Gasteiger partial charge is 0.475 e. The number of thiophene rings is 1. The van der Waals surface area contributed by atoms with Crippen molar-refractivity contribution in [2.45, 2.75) is 82.5 Å². The van der Waals surface area contributed by atoms with E-state index in [9.17, 15) is 13.2 Å². The maximum absolute atomic E-state index is 10.6. The summed E-state index contributed by atoms with van der Waals surface area (Å²) in [6.45, 7) is 7.29. The van der Waals surface area contributed by atoms with Crippen molar-refractivity contribution in [3.05, 3.63) is 51.5 Å². The highest BCUT2D eigenvalue weighted by Gasteiger charge is 2.48. The van der Waals surface area contributed by atoms with Crippen molar-refractivity contribution < 1.29 is 27.8 Å². The SMILES string of the molecule is Cc1cc(CNCC[C@@]2(c3ccccn3)CCOC3(CCCC3)C2)sc1C.O=C(O)C(F)(F)F.